The average molecular weight is 164 g/mol. The predicted molar refractivity (Wildman–Crippen MR) is 34.5 cm³/mol. The Morgan fingerprint density at radius 1 is 1.70 bits per heavy atom. The van der Waals surface area contributed by atoms with Gasteiger partial charge in [-0.15, -0.1) is 0 Å². The van der Waals surface area contributed by atoms with Gasteiger partial charge >= 0.3 is 6.09 Å². The summed E-state index contributed by atoms with van der Waals surface area (Å²) in [5.41, 5.74) is 0. The molecule has 0 fully saturated rings. The Kier molecular flexibility index (Phi) is 3.06. The Balaban J connectivity index is 3.92. The molecular weight excluding hydrogens is 158 g/mol. The number of ether oxygens (including phenoxy) is 1. The SMILES string of the molecule is CC(C)(Cl)OC(=O)N=C=O. The van der Waals surface area contributed by atoms with E-state index in [9.17, 15) is 9.59 Å². The van der Waals surface area contributed by atoms with E-state index in [0.717, 1.165) is 6.08 Å². The van der Waals surface area contributed by atoms with Gasteiger partial charge in [0.2, 0.25) is 6.08 Å². The minimum atomic E-state index is -1.13. The Labute approximate surface area is 62.8 Å². The molecule has 0 unspecified atom stereocenters. The maximum absolute atomic E-state index is 10.3. The molecule has 0 bridgehead atoms. The molecule has 0 aromatic heterocycles. The van der Waals surface area contributed by atoms with Crippen molar-refractivity contribution in [3.63, 3.8) is 0 Å². The molecule has 0 N–H and O–H groups in total. The van der Waals surface area contributed by atoms with Crippen molar-refractivity contribution in [2.45, 2.75) is 18.9 Å². The van der Waals surface area contributed by atoms with Crippen LogP contribution in [0.4, 0.5) is 4.79 Å². The van der Waals surface area contributed by atoms with Crippen LogP contribution in [-0.4, -0.2) is 17.2 Å². The second-order valence-electron chi connectivity index (χ2n) is 1.93. The molecule has 10 heavy (non-hydrogen) atoms. The lowest BCUT2D eigenvalue weighted by Gasteiger charge is -2.13. The largest absolute Gasteiger partial charge is 0.446 e. The van der Waals surface area contributed by atoms with E-state index in [1.807, 2.05) is 0 Å². The highest BCUT2D eigenvalue weighted by Gasteiger charge is 2.17. The van der Waals surface area contributed by atoms with E-state index in [0.29, 0.717) is 0 Å². The fourth-order valence-corrected chi connectivity index (χ4v) is 0.334. The fourth-order valence-electron chi connectivity index (χ4n) is 0.268. The van der Waals surface area contributed by atoms with E-state index in [1.165, 1.54) is 13.8 Å². The van der Waals surface area contributed by atoms with E-state index >= 15 is 0 Å². The zero-order valence-electron chi connectivity index (χ0n) is 5.55. The van der Waals surface area contributed by atoms with Crippen molar-refractivity contribution in [3.8, 4) is 0 Å². The summed E-state index contributed by atoms with van der Waals surface area (Å²) in [6, 6.07) is 0. The van der Waals surface area contributed by atoms with Gasteiger partial charge in [0.05, 0.1) is 0 Å². The molecule has 0 rings (SSSR count). The lowest BCUT2D eigenvalue weighted by Crippen LogP contribution is -2.18. The number of aliphatic imine (C=N–C) groups is 1. The first-order valence-corrected chi connectivity index (χ1v) is 2.83. The van der Waals surface area contributed by atoms with Crippen LogP contribution < -0.4 is 0 Å². The number of hydrogen-bond acceptors (Lipinski definition) is 3. The lowest BCUT2D eigenvalue weighted by molar-refractivity contribution is 0.103. The van der Waals surface area contributed by atoms with Gasteiger partial charge in [0.25, 0.3) is 0 Å². The fraction of sp³-hybridized carbons (Fsp3) is 0.600. The molecule has 4 nitrogen and oxygen atoms in total. The van der Waals surface area contributed by atoms with Gasteiger partial charge in [0, 0.05) is 0 Å². The van der Waals surface area contributed by atoms with E-state index in [2.05, 4.69) is 9.73 Å². The number of halogens is 1. The van der Waals surface area contributed by atoms with Gasteiger partial charge in [0.15, 0.2) is 5.06 Å². The summed E-state index contributed by atoms with van der Waals surface area (Å²) in [6.45, 7) is 2.90. The highest BCUT2D eigenvalue weighted by molar-refractivity contribution is 6.22. The molecule has 1 amide bonds. The van der Waals surface area contributed by atoms with Crippen molar-refractivity contribution < 1.29 is 14.3 Å². The number of hydrogen-bond donors (Lipinski definition) is 0. The molecule has 5 heteroatoms. The molecule has 0 aromatic carbocycles. The molecule has 0 aliphatic heterocycles. The third-order valence-corrected chi connectivity index (χ3v) is 0.544. The molecule has 0 aliphatic rings. The maximum Gasteiger partial charge on any atom is 0.446 e. The van der Waals surface area contributed by atoms with Crippen LogP contribution in [0.3, 0.4) is 0 Å². The number of carbonyl (C=O) groups excluding carboxylic acids is 2. The first-order chi connectivity index (χ1) is 4.45. The predicted octanol–water partition coefficient (Wildman–Crippen LogP) is 1.43. The van der Waals surface area contributed by atoms with Crippen LogP contribution >= 0.6 is 11.6 Å². The monoisotopic (exact) mass is 163 g/mol. The van der Waals surface area contributed by atoms with Crippen LogP contribution in [0.1, 0.15) is 13.8 Å². The Morgan fingerprint density at radius 3 is 2.50 bits per heavy atom. The summed E-state index contributed by atoms with van der Waals surface area (Å²) in [4.78, 5) is 22.4. The minimum Gasteiger partial charge on any atom is -0.425 e. The molecular formula is C5H6ClNO3. The van der Waals surface area contributed by atoms with Crippen LogP contribution in [0.25, 0.3) is 0 Å². The van der Waals surface area contributed by atoms with Gasteiger partial charge in [0.1, 0.15) is 0 Å². The van der Waals surface area contributed by atoms with Crippen molar-refractivity contribution >= 4 is 23.8 Å². The highest BCUT2D eigenvalue weighted by atomic mass is 35.5. The first-order valence-electron chi connectivity index (χ1n) is 2.45. The highest BCUT2D eigenvalue weighted by Crippen LogP contribution is 2.14. The van der Waals surface area contributed by atoms with Gasteiger partial charge in [-0.25, -0.2) is 9.59 Å². The average Bonchev–Trinajstić information content (AvgIpc) is 1.59. The van der Waals surface area contributed by atoms with E-state index in [4.69, 9.17) is 11.6 Å². The summed E-state index contributed by atoms with van der Waals surface area (Å²) >= 11 is 5.43. The number of isocyanates is 1. The zero-order chi connectivity index (χ0) is 8.20. The second-order valence-corrected chi connectivity index (χ2v) is 2.84. The van der Waals surface area contributed by atoms with Crippen LogP contribution in [0.15, 0.2) is 4.99 Å². The smallest absolute Gasteiger partial charge is 0.425 e. The second kappa shape index (κ2) is 3.34. The third kappa shape index (κ3) is 5.28. The summed E-state index contributed by atoms with van der Waals surface area (Å²) in [5, 5.41) is -1.13. The Morgan fingerprint density at radius 2 is 2.20 bits per heavy atom. The molecule has 0 aromatic rings. The van der Waals surface area contributed by atoms with Crippen LogP contribution in [0.2, 0.25) is 0 Å². The molecule has 0 saturated heterocycles. The first kappa shape index (κ1) is 9.14. The van der Waals surface area contributed by atoms with Gasteiger partial charge in [-0.05, 0) is 13.8 Å². The van der Waals surface area contributed by atoms with Gasteiger partial charge in [-0.3, -0.25) is 0 Å². The molecule has 0 aliphatic carbocycles. The third-order valence-electron chi connectivity index (χ3n) is 0.467. The van der Waals surface area contributed by atoms with Crippen molar-refractivity contribution in [1.29, 1.82) is 0 Å². The number of carbonyl (C=O) groups is 1. The van der Waals surface area contributed by atoms with Crippen molar-refractivity contribution in [2.24, 2.45) is 4.99 Å². The van der Waals surface area contributed by atoms with E-state index in [1.54, 1.807) is 0 Å². The molecule has 56 valence electrons. The number of alkyl halides is 1. The van der Waals surface area contributed by atoms with Crippen molar-refractivity contribution in [3.05, 3.63) is 0 Å². The van der Waals surface area contributed by atoms with Crippen molar-refractivity contribution in [2.75, 3.05) is 0 Å². The number of rotatable bonds is 1. The summed E-state index contributed by atoms with van der Waals surface area (Å²) in [7, 11) is 0. The standard InChI is InChI=1S/C5H6ClNO3/c1-5(2,6)10-4(9)7-3-8/h1-2H3. The van der Waals surface area contributed by atoms with Gasteiger partial charge in [-0.2, -0.15) is 0 Å². The van der Waals surface area contributed by atoms with Gasteiger partial charge < -0.3 is 4.74 Å². The molecule has 0 heterocycles. The molecule has 0 atom stereocenters. The minimum absolute atomic E-state index is 1.03. The normalized spacial score (nSPS) is 9.90. The van der Waals surface area contributed by atoms with E-state index in [-0.39, 0.29) is 0 Å². The van der Waals surface area contributed by atoms with E-state index < -0.39 is 11.2 Å². The summed E-state index contributed by atoms with van der Waals surface area (Å²) in [6.07, 6.45) is -0.000540. The lowest BCUT2D eigenvalue weighted by atomic mass is 10.5. The van der Waals surface area contributed by atoms with Crippen LogP contribution in [0, 0.1) is 0 Å². The van der Waals surface area contributed by atoms with Crippen LogP contribution in [0.5, 0.6) is 0 Å². The zero-order valence-corrected chi connectivity index (χ0v) is 6.31. The summed E-state index contributed by atoms with van der Waals surface area (Å²) < 4.78 is 4.38. The molecule has 0 radical (unpaired) electrons. The number of nitrogens with zero attached hydrogens (tertiary/aromatic N) is 1. The van der Waals surface area contributed by atoms with Gasteiger partial charge in [-0.1, -0.05) is 16.6 Å². The van der Waals surface area contributed by atoms with Crippen LogP contribution in [-0.2, 0) is 9.53 Å². The molecule has 0 spiro atoms. The quantitative estimate of drug-likeness (QED) is 0.334. The van der Waals surface area contributed by atoms with Crippen molar-refractivity contribution in [1.82, 2.24) is 0 Å². The Hall–Kier alpha value is -0.860. The molecule has 0 saturated carbocycles. The summed E-state index contributed by atoms with van der Waals surface area (Å²) in [5.74, 6) is 0. The maximum atomic E-state index is 10.3. The number of amides is 1. The Bertz CT molecular complexity index is 178. The topological polar surface area (TPSA) is 55.7 Å².